The summed E-state index contributed by atoms with van der Waals surface area (Å²) in [4.78, 5) is 42.7. The number of aryl methyl sites for hydroxylation is 1. The third-order valence-electron chi connectivity index (χ3n) is 4.08. The molecule has 1 atom stereocenters. The predicted molar refractivity (Wildman–Crippen MR) is 86.7 cm³/mol. The first-order valence-corrected chi connectivity index (χ1v) is 7.78. The highest BCUT2D eigenvalue weighted by Gasteiger charge is 2.27. The van der Waals surface area contributed by atoms with Gasteiger partial charge in [0, 0.05) is 13.0 Å². The smallest absolute Gasteiger partial charge is 0.249 e. The lowest BCUT2D eigenvalue weighted by atomic mass is 10.0. The van der Waals surface area contributed by atoms with Crippen LogP contribution in [0.3, 0.4) is 0 Å². The van der Waals surface area contributed by atoms with Crippen LogP contribution in [0.15, 0.2) is 12.1 Å². The number of rotatable bonds is 4. The summed E-state index contributed by atoms with van der Waals surface area (Å²) in [7, 11) is 0. The molecule has 1 aromatic carbocycles. The average molecular weight is 329 g/mol. The van der Waals surface area contributed by atoms with Crippen molar-refractivity contribution in [2.24, 2.45) is 5.73 Å². The Morgan fingerprint density at radius 2 is 2.12 bits per heavy atom. The lowest BCUT2D eigenvalue weighted by Crippen LogP contribution is -2.52. The van der Waals surface area contributed by atoms with Gasteiger partial charge in [-0.25, -0.2) is 4.98 Å². The van der Waals surface area contributed by atoms with Crippen LogP contribution < -0.4 is 16.4 Å². The Morgan fingerprint density at radius 3 is 2.83 bits per heavy atom. The Balaban J connectivity index is 1.76. The number of amides is 3. The maximum atomic E-state index is 12.3. The lowest BCUT2D eigenvalue weighted by Gasteiger charge is -2.21. The zero-order chi connectivity index (χ0) is 17.3. The maximum absolute atomic E-state index is 12.3. The van der Waals surface area contributed by atoms with E-state index >= 15 is 0 Å². The Hall–Kier alpha value is -2.74. The van der Waals surface area contributed by atoms with Gasteiger partial charge in [0.05, 0.1) is 17.5 Å². The number of carbonyl (C=O) groups is 3. The molecule has 8 nitrogen and oxygen atoms in total. The van der Waals surface area contributed by atoms with E-state index < -0.39 is 11.9 Å². The first kappa shape index (κ1) is 16.1. The number of hydrogen-bond acceptors (Lipinski definition) is 5. The van der Waals surface area contributed by atoms with Crippen molar-refractivity contribution in [3.8, 4) is 0 Å². The molecule has 0 saturated carbocycles. The number of imidazole rings is 1. The van der Waals surface area contributed by atoms with E-state index in [4.69, 9.17) is 5.73 Å². The summed E-state index contributed by atoms with van der Waals surface area (Å²) in [6.07, 6.45) is 0.646. The van der Waals surface area contributed by atoms with Crippen molar-refractivity contribution in [2.75, 3.05) is 0 Å². The number of H-pyrrole nitrogens is 1. The largest absolute Gasteiger partial charge is 0.344 e. The molecule has 126 valence electrons. The van der Waals surface area contributed by atoms with Crippen LogP contribution in [0.4, 0.5) is 0 Å². The summed E-state index contributed by atoms with van der Waals surface area (Å²) in [5, 5.41) is 4.89. The Bertz CT molecular complexity index is 826. The summed E-state index contributed by atoms with van der Waals surface area (Å²) < 4.78 is 0. The fraction of sp³-hybridized carbons (Fsp3) is 0.375. The molecule has 1 unspecified atom stereocenters. The van der Waals surface area contributed by atoms with Gasteiger partial charge in [0.25, 0.3) is 0 Å². The SMILES string of the molecule is Cc1nc2c(CC(=O)NC3CCC(=O)NC3=O)ccc(CN)c2[nH]1. The number of benzene rings is 1. The van der Waals surface area contributed by atoms with Crippen LogP contribution in [0.1, 0.15) is 29.8 Å². The molecule has 2 aromatic rings. The van der Waals surface area contributed by atoms with Crippen LogP contribution in [-0.4, -0.2) is 33.7 Å². The monoisotopic (exact) mass is 329 g/mol. The van der Waals surface area contributed by atoms with Crippen molar-refractivity contribution < 1.29 is 14.4 Å². The molecular formula is C16H19N5O3. The fourth-order valence-electron chi connectivity index (χ4n) is 2.88. The Morgan fingerprint density at radius 1 is 1.38 bits per heavy atom. The van der Waals surface area contributed by atoms with Crippen LogP contribution >= 0.6 is 0 Å². The van der Waals surface area contributed by atoms with Crippen LogP contribution in [0.2, 0.25) is 0 Å². The molecule has 1 fully saturated rings. The van der Waals surface area contributed by atoms with Gasteiger partial charge in [-0.15, -0.1) is 0 Å². The van der Waals surface area contributed by atoms with Gasteiger partial charge in [-0.1, -0.05) is 12.1 Å². The molecule has 2 heterocycles. The van der Waals surface area contributed by atoms with Gasteiger partial charge < -0.3 is 16.0 Å². The lowest BCUT2D eigenvalue weighted by molar-refractivity contribution is -0.137. The van der Waals surface area contributed by atoms with Crippen LogP contribution in [0.25, 0.3) is 11.0 Å². The second-order valence-electron chi connectivity index (χ2n) is 5.88. The summed E-state index contributed by atoms with van der Waals surface area (Å²) in [6.45, 7) is 2.22. The van der Waals surface area contributed by atoms with E-state index in [1.54, 1.807) is 0 Å². The van der Waals surface area contributed by atoms with Gasteiger partial charge in [-0.3, -0.25) is 19.7 Å². The molecule has 0 bridgehead atoms. The van der Waals surface area contributed by atoms with Gasteiger partial charge >= 0.3 is 0 Å². The zero-order valence-corrected chi connectivity index (χ0v) is 13.3. The normalized spacial score (nSPS) is 17.8. The molecule has 0 spiro atoms. The number of nitrogens with one attached hydrogen (secondary N) is 3. The second kappa shape index (κ2) is 6.40. The molecule has 24 heavy (non-hydrogen) atoms. The minimum atomic E-state index is -0.671. The van der Waals surface area contributed by atoms with Gasteiger partial charge in [0.1, 0.15) is 11.9 Å². The third kappa shape index (κ3) is 3.13. The van der Waals surface area contributed by atoms with Crippen molar-refractivity contribution in [3.05, 3.63) is 29.1 Å². The van der Waals surface area contributed by atoms with Gasteiger partial charge in [0.15, 0.2) is 0 Å². The maximum Gasteiger partial charge on any atom is 0.249 e. The topological polar surface area (TPSA) is 130 Å². The zero-order valence-electron chi connectivity index (χ0n) is 13.3. The van der Waals surface area contributed by atoms with Crippen molar-refractivity contribution in [1.29, 1.82) is 0 Å². The number of hydrogen-bond donors (Lipinski definition) is 4. The average Bonchev–Trinajstić information content (AvgIpc) is 2.92. The summed E-state index contributed by atoms with van der Waals surface area (Å²) in [5.41, 5.74) is 8.97. The van der Waals surface area contributed by atoms with E-state index in [9.17, 15) is 14.4 Å². The van der Waals surface area contributed by atoms with Gasteiger partial charge in [-0.05, 0) is 24.5 Å². The molecule has 3 rings (SSSR count). The summed E-state index contributed by atoms with van der Waals surface area (Å²) in [5.74, 6) is -0.305. The predicted octanol–water partition coefficient (Wildman–Crippen LogP) is -0.206. The number of nitrogens with two attached hydrogens (primary N) is 1. The van der Waals surface area contributed by atoms with Crippen molar-refractivity contribution in [3.63, 3.8) is 0 Å². The molecule has 1 saturated heterocycles. The molecule has 1 aromatic heterocycles. The van der Waals surface area contributed by atoms with E-state index in [0.29, 0.717) is 18.5 Å². The minimum Gasteiger partial charge on any atom is -0.344 e. The van der Waals surface area contributed by atoms with Gasteiger partial charge in [-0.2, -0.15) is 0 Å². The highest BCUT2D eigenvalue weighted by Crippen LogP contribution is 2.21. The number of piperidine rings is 1. The molecule has 5 N–H and O–H groups in total. The van der Waals surface area contributed by atoms with Crippen molar-refractivity contribution >= 4 is 28.8 Å². The highest BCUT2D eigenvalue weighted by atomic mass is 16.2. The number of nitrogens with zero attached hydrogens (tertiary/aromatic N) is 1. The third-order valence-corrected chi connectivity index (χ3v) is 4.08. The van der Waals surface area contributed by atoms with Crippen LogP contribution in [0, 0.1) is 6.92 Å². The van der Waals surface area contributed by atoms with Crippen molar-refractivity contribution in [1.82, 2.24) is 20.6 Å². The molecular weight excluding hydrogens is 310 g/mol. The first-order valence-electron chi connectivity index (χ1n) is 7.78. The summed E-state index contributed by atoms with van der Waals surface area (Å²) in [6, 6.07) is 3.03. The molecule has 0 radical (unpaired) electrons. The van der Waals surface area contributed by atoms with E-state index in [2.05, 4.69) is 20.6 Å². The molecule has 3 amide bonds. The number of imide groups is 1. The van der Waals surface area contributed by atoms with E-state index in [0.717, 1.165) is 22.5 Å². The quantitative estimate of drug-likeness (QED) is 0.577. The number of carbonyl (C=O) groups excluding carboxylic acids is 3. The Labute approximate surface area is 138 Å². The minimum absolute atomic E-state index is 0.101. The van der Waals surface area contributed by atoms with E-state index in [-0.39, 0.29) is 24.7 Å². The summed E-state index contributed by atoms with van der Waals surface area (Å²) >= 11 is 0. The van der Waals surface area contributed by atoms with Crippen LogP contribution in [0.5, 0.6) is 0 Å². The molecule has 1 aliphatic rings. The van der Waals surface area contributed by atoms with E-state index in [1.807, 2.05) is 19.1 Å². The van der Waals surface area contributed by atoms with E-state index in [1.165, 1.54) is 0 Å². The first-order chi connectivity index (χ1) is 11.5. The Kier molecular flexibility index (Phi) is 4.30. The molecule has 0 aliphatic carbocycles. The number of fused-ring (bicyclic) bond motifs is 1. The molecule has 1 aliphatic heterocycles. The number of aromatic amines is 1. The van der Waals surface area contributed by atoms with Crippen LogP contribution in [-0.2, 0) is 27.3 Å². The number of aromatic nitrogens is 2. The highest BCUT2D eigenvalue weighted by molar-refractivity contribution is 6.02. The van der Waals surface area contributed by atoms with Crippen molar-refractivity contribution in [2.45, 2.75) is 38.8 Å². The molecule has 8 heteroatoms. The standard InChI is InChI=1S/C16H19N5O3/c1-8-18-14-9(2-3-10(7-17)15(14)19-8)6-13(23)20-11-4-5-12(22)21-16(11)24/h2-3,11H,4-7,17H2,1H3,(H,18,19)(H,20,23)(H,21,22,24). The van der Waals surface area contributed by atoms with Gasteiger partial charge in [0.2, 0.25) is 17.7 Å². The fourth-order valence-corrected chi connectivity index (χ4v) is 2.88. The second-order valence-corrected chi connectivity index (χ2v) is 5.88.